The first-order valence-electron chi connectivity index (χ1n) is 9.42. The number of carbonyl (C=O) groups is 4. The van der Waals surface area contributed by atoms with Crippen LogP contribution in [0.2, 0.25) is 0 Å². The molecule has 2 aromatic rings. The maximum Gasteiger partial charge on any atom is 0.326 e. The molecule has 0 heterocycles. The summed E-state index contributed by atoms with van der Waals surface area (Å²) in [6, 6.07) is 16.1. The minimum atomic E-state index is -1.13. The fourth-order valence-electron chi connectivity index (χ4n) is 2.50. The van der Waals surface area contributed by atoms with E-state index >= 15 is 0 Å². The number of nitrogens with one attached hydrogen (secondary N) is 1. The van der Waals surface area contributed by atoms with Crippen LogP contribution in [-0.4, -0.2) is 56.3 Å². The van der Waals surface area contributed by atoms with Crippen LogP contribution in [0.3, 0.4) is 0 Å². The molecule has 1 amide bonds. The van der Waals surface area contributed by atoms with Gasteiger partial charge in [0.25, 0.3) is 0 Å². The Labute approximate surface area is 193 Å². The van der Waals surface area contributed by atoms with Crippen LogP contribution in [0.5, 0.6) is 0 Å². The second kappa shape index (κ2) is 13.2. The number of amides is 1. The number of carbonyl (C=O) groups excluding carboxylic acids is 3. The molecule has 0 spiro atoms. The predicted molar refractivity (Wildman–Crippen MR) is 128 cm³/mol. The van der Waals surface area contributed by atoms with E-state index in [1.165, 1.54) is 11.8 Å². The van der Waals surface area contributed by atoms with Crippen LogP contribution in [0.25, 0.3) is 0 Å². The quantitative estimate of drug-likeness (QED) is 0.504. The molecule has 6 nitrogen and oxygen atoms in total. The van der Waals surface area contributed by atoms with Gasteiger partial charge in [-0.25, -0.2) is 4.79 Å². The molecule has 0 saturated heterocycles. The number of benzene rings is 2. The monoisotopic (exact) mass is 477 g/mol. The average molecular weight is 478 g/mol. The standard InChI is InChI=1S/C22H23NO5S3/c1-29-13-12-17(20(25)26)23-19(24)18(31-22(28)16-10-6-3-7-11-16)14-30-21(27)15-8-4-2-5-9-15/h2-11,17-18H,12-14H2,1H3,(H,23,24)(H,25,26)/t17-,18?/m0/s1. The lowest BCUT2D eigenvalue weighted by Crippen LogP contribution is -2.46. The molecule has 1 unspecified atom stereocenters. The molecule has 0 bridgehead atoms. The Kier molecular flexibility index (Phi) is 10.7. The summed E-state index contributed by atoms with van der Waals surface area (Å²) < 4.78 is 0. The van der Waals surface area contributed by atoms with E-state index < -0.39 is 23.2 Å². The first-order chi connectivity index (χ1) is 14.9. The zero-order valence-electron chi connectivity index (χ0n) is 16.9. The van der Waals surface area contributed by atoms with Gasteiger partial charge >= 0.3 is 5.97 Å². The van der Waals surface area contributed by atoms with Crippen molar-refractivity contribution < 1.29 is 24.3 Å². The van der Waals surface area contributed by atoms with Crippen LogP contribution in [0, 0.1) is 0 Å². The minimum Gasteiger partial charge on any atom is -0.480 e. The molecule has 2 aromatic carbocycles. The molecule has 0 aliphatic rings. The summed E-state index contributed by atoms with van der Waals surface area (Å²) in [5.74, 6) is -1.10. The van der Waals surface area contributed by atoms with Gasteiger partial charge in [0.15, 0.2) is 0 Å². The summed E-state index contributed by atoms with van der Waals surface area (Å²) >= 11 is 3.21. The van der Waals surface area contributed by atoms with Crippen LogP contribution >= 0.6 is 35.3 Å². The molecule has 0 aliphatic heterocycles. The van der Waals surface area contributed by atoms with Gasteiger partial charge in [-0.2, -0.15) is 11.8 Å². The Morgan fingerprint density at radius 2 is 1.45 bits per heavy atom. The van der Waals surface area contributed by atoms with Gasteiger partial charge in [0.2, 0.25) is 16.1 Å². The molecule has 0 radical (unpaired) electrons. The van der Waals surface area contributed by atoms with Gasteiger partial charge in [-0.15, -0.1) is 0 Å². The minimum absolute atomic E-state index is 0.0394. The van der Waals surface area contributed by atoms with E-state index in [9.17, 15) is 24.3 Å². The Bertz CT molecular complexity index is 893. The Morgan fingerprint density at radius 3 is 1.97 bits per heavy atom. The van der Waals surface area contributed by atoms with E-state index in [1.54, 1.807) is 60.7 Å². The molecule has 0 aromatic heterocycles. The van der Waals surface area contributed by atoms with E-state index in [4.69, 9.17) is 0 Å². The maximum absolute atomic E-state index is 12.9. The summed E-state index contributed by atoms with van der Waals surface area (Å²) in [6.07, 6.45) is 2.12. The van der Waals surface area contributed by atoms with Gasteiger partial charge in [-0.05, 0) is 18.4 Å². The van der Waals surface area contributed by atoms with Gasteiger partial charge < -0.3 is 10.4 Å². The van der Waals surface area contributed by atoms with Crippen LogP contribution in [-0.2, 0) is 9.59 Å². The van der Waals surface area contributed by atoms with Crippen molar-refractivity contribution in [2.75, 3.05) is 17.8 Å². The maximum atomic E-state index is 12.9. The van der Waals surface area contributed by atoms with Crippen molar-refractivity contribution in [3.05, 3.63) is 71.8 Å². The van der Waals surface area contributed by atoms with Crippen LogP contribution in [0.4, 0.5) is 0 Å². The number of aliphatic carboxylic acids is 1. The van der Waals surface area contributed by atoms with Crippen LogP contribution in [0.15, 0.2) is 60.7 Å². The third kappa shape index (κ3) is 8.43. The van der Waals surface area contributed by atoms with E-state index in [1.807, 2.05) is 6.26 Å². The zero-order valence-corrected chi connectivity index (χ0v) is 19.3. The molecule has 2 N–H and O–H groups in total. The summed E-state index contributed by atoms with van der Waals surface area (Å²) in [5, 5.41) is 10.5. The van der Waals surface area contributed by atoms with Crippen molar-refractivity contribution in [1.29, 1.82) is 0 Å². The summed E-state index contributed by atoms with van der Waals surface area (Å²) in [4.78, 5) is 49.4. The smallest absolute Gasteiger partial charge is 0.326 e. The van der Waals surface area contributed by atoms with Gasteiger partial charge in [0.05, 0.1) is 0 Å². The van der Waals surface area contributed by atoms with E-state index in [0.29, 0.717) is 16.9 Å². The second-order valence-electron chi connectivity index (χ2n) is 6.41. The normalized spacial score (nSPS) is 12.5. The van der Waals surface area contributed by atoms with Gasteiger partial charge in [0.1, 0.15) is 11.3 Å². The molecule has 31 heavy (non-hydrogen) atoms. The fourth-order valence-corrected chi connectivity index (χ4v) is 4.91. The molecule has 164 valence electrons. The Morgan fingerprint density at radius 1 is 0.903 bits per heavy atom. The first-order valence-corrected chi connectivity index (χ1v) is 12.7. The topological polar surface area (TPSA) is 101 Å². The number of carboxylic acid groups (broad SMARTS) is 1. The molecular weight excluding hydrogens is 454 g/mol. The number of rotatable bonds is 11. The van der Waals surface area contributed by atoms with Crippen molar-refractivity contribution in [1.82, 2.24) is 5.32 Å². The highest BCUT2D eigenvalue weighted by Gasteiger charge is 2.28. The number of thioether (sulfide) groups is 3. The number of carboxylic acids is 1. The van der Waals surface area contributed by atoms with E-state index in [2.05, 4.69) is 5.32 Å². The SMILES string of the molecule is CSCC[C@H](NC(=O)C(CSC(=O)c1ccccc1)SC(=O)c1ccccc1)C(=O)O. The lowest BCUT2D eigenvalue weighted by atomic mass is 10.2. The van der Waals surface area contributed by atoms with Gasteiger partial charge in [-0.3, -0.25) is 14.4 Å². The molecule has 2 atom stereocenters. The highest BCUT2D eigenvalue weighted by Crippen LogP contribution is 2.24. The van der Waals surface area contributed by atoms with Crippen molar-refractivity contribution in [2.24, 2.45) is 0 Å². The predicted octanol–water partition coefficient (Wildman–Crippen LogP) is 3.82. The largest absolute Gasteiger partial charge is 0.480 e. The third-order valence-corrected chi connectivity index (χ3v) is 7.12. The first kappa shape index (κ1) is 25.0. The van der Waals surface area contributed by atoms with E-state index in [0.717, 1.165) is 23.5 Å². The van der Waals surface area contributed by atoms with Gasteiger partial charge in [0, 0.05) is 16.9 Å². The zero-order chi connectivity index (χ0) is 22.6. The third-order valence-electron chi connectivity index (χ3n) is 4.15. The molecule has 0 saturated carbocycles. The van der Waals surface area contributed by atoms with Crippen LogP contribution < -0.4 is 5.32 Å². The Balaban J connectivity index is 2.11. The number of hydrogen-bond acceptors (Lipinski definition) is 7. The van der Waals surface area contributed by atoms with Crippen LogP contribution in [0.1, 0.15) is 27.1 Å². The second-order valence-corrected chi connectivity index (χ2v) is 9.56. The van der Waals surface area contributed by atoms with Crippen molar-refractivity contribution in [2.45, 2.75) is 17.7 Å². The molecular formula is C22H23NO5S3. The Hall–Kier alpha value is -2.23. The molecule has 9 heteroatoms. The summed E-state index contributed by atoms with van der Waals surface area (Å²) in [5.41, 5.74) is 0.927. The summed E-state index contributed by atoms with van der Waals surface area (Å²) in [6.45, 7) is 0. The highest BCUT2D eigenvalue weighted by atomic mass is 32.2. The van der Waals surface area contributed by atoms with Crippen molar-refractivity contribution in [3.8, 4) is 0 Å². The lowest BCUT2D eigenvalue weighted by Gasteiger charge is -2.19. The lowest BCUT2D eigenvalue weighted by molar-refractivity contribution is -0.141. The van der Waals surface area contributed by atoms with E-state index in [-0.39, 0.29) is 22.4 Å². The van der Waals surface area contributed by atoms with Crippen molar-refractivity contribution >= 4 is 57.4 Å². The van der Waals surface area contributed by atoms with Crippen molar-refractivity contribution in [3.63, 3.8) is 0 Å². The molecule has 0 fully saturated rings. The molecule has 0 aliphatic carbocycles. The number of hydrogen-bond donors (Lipinski definition) is 2. The fraction of sp³-hybridized carbons (Fsp3) is 0.273. The average Bonchev–Trinajstić information content (AvgIpc) is 2.79. The molecule has 2 rings (SSSR count). The highest BCUT2D eigenvalue weighted by molar-refractivity contribution is 8.18. The summed E-state index contributed by atoms with van der Waals surface area (Å²) in [7, 11) is 0. The van der Waals surface area contributed by atoms with Gasteiger partial charge in [-0.1, -0.05) is 84.2 Å².